The van der Waals surface area contributed by atoms with Crippen LogP contribution in [0.25, 0.3) is 0 Å². The van der Waals surface area contributed by atoms with Crippen LogP contribution in [0.5, 0.6) is 0 Å². The fourth-order valence-corrected chi connectivity index (χ4v) is 3.46. The maximum atomic E-state index is 12.5. The fraction of sp³-hybridized carbons (Fsp3) is 0.412. The van der Waals surface area contributed by atoms with E-state index in [0.717, 1.165) is 22.9 Å². The van der Waals surface area contributed by atoms with Crippen LogP contribution in [0, 0.1) is 0 Å². The summed E-state index contributed by atoms with van der Waals surface area (Å²) in [5.74, 6) is -0.378. The maximum Gasteiger partial charge on any atom is 0.338 e. The molecule has 0 radical (unpaired) electrons. The van der Waals surface area contributed by atoms with Gasteiger partial charge in [-0.3, -0.25) is 4.90 Å². The predicted octanol–water partition coefficient (Wildman–Crippen LogP) is 3.51. The fourth-order valence-electron chi connectivity index (χ4n) is 2.95. The van der Waals surface area contributed by atoms with Gasteiger partial charge in [0, 0.05) is 16.2 Å². The first-order chi connectivity index (χ1) is 11.0. The van der Waals surface area contributed by atoms with Crippen LogP contribution in [0.1, 0.15) is 38.3 Å². The highest BCUT2D eigenvalue weighted by Gasteiger charge is 2.42. The minimum Gasteiger partial charge on any atom is -0.463 e. The second-order valence-electron chi connectivity index (χ2n) is 5.72. The van der Waals surface area contributed by atoms with Gasteiger partial charge in [-0.1, -0.05) is 34.1 Å². The molecule has 122 valence electrons. The first kappa shape index (κ1) is 16.1. The number of allylic oxidation sites excluding steroid dienone is 1. The Balaban J connectivity index is 2.08. The van der Waals surface area contributed by atoms with Crippen molar-refractivity contribution < 1.29 is 14.3 Å². The molecule has 1 saturated carbocycles. The molecular formula is C17H19BrN2O3. The molecule has 1 atom stereocenters. The number of carbonyl (C=O) groups excluding carboxylic acids is 2. The summed E-state index contributed by atoms with van der Waals surface area (Å²) in [5, 5.41) is 2.96. The van der Waals surface area contributed by atoms with Crippen molar-refractivity contribution in [2.24, 2.45) is 0 Å². The Labute approximate surface area is 143 Å². The molecule has 6 heteroatoms. The van der Waals surface area contributed by atoms with Crippen molar-refractivity contribution >= 4 is 27.9 Å². The largest absolute Gasteiger partial charge is 0.463 e. The number of benzene rings is 1. The van der Waals surface area contributed by atoms with E-state index in [1.165, 1.54) is 0 Å². The van der Waals surface area contributed by atoms with Crippen molar-refractivity contribution in [2.45, 2.75) is 38.8 Å². The smallest absolute Gasteiger partial charge is 0.338 e. The van der Waals surface area contributed by atoms with Crippen molar-refractivity contribution in [3.05, 3.63) is 45.6 Å². The molecule has 1 aromatic carbocycles. The van der Waals surface area contributed by atoms with Gasteiger partial charge in [0.05, 0.1) is 18.2 Å². The molecule has 1 fully saturated rings. The zero-order valence-electron chi connectivity index (χ0n) is 13.1. The SMILES string of the molecule is CCOC(=O)C1=C(C)N(C2CC2)C(=O)N[C@@H]1c1ccccc1Br. The van der Waals surface area contributed by atoms with E-state index in [2.05, 4.69) is 21.2 Å². The van der Waals surface area contributed by atoms with E-state index in [-0.39, 0.29) is 18.0 Å². The van der Waals surface area contributed by atoms with E-state index in [4.69, 9.17) is 4.74 Å². The van der Waals surface area contributed by atoms with Gasteiger partial charge in [0.1, 0.15) is 0 Å². The average molecular weight is 379 g/mol. The quantitative estimate of drug-likeness (QED) is 0.815. The molecule has 0 bridgehead atoms. The Kier molecular flexibility index (Phi) is 4.43. The lowest BCUT2D eigenvalue weighted by atomic mass is 9.95. The van der Waals surface area contributed by atoms with E-state index in [1.807, 2.05) is 31.2 Å². The van der Waals surface area contributed by atoms with Crippen LogP contribution in [0.15, 0.2) is 40.0 Å². The highest BCUT2D eigenvalue weighted by Crippen LogP contribution is 2.39. The van der Waals surface area contributed by atoms with Gasteiger partial charge < -0.3 is 10.1 Å². The van der Waals surface area contributed by atoms with Gasteiger partial charge in [0.2, 0.25) is 0 Å². The van der Waals surface area contributed by atoms with Crippen LogP contribution >= 0.6 is 15.9 Å². The second kappa shape index (κ2) is 6.35. The number of ether oxygens (including phenoxy) is 1. The number of esters is 1. The molecule has 0 unspecified atom stereocenters. The third-order valence-electron chi connectivity index (χ3n) is 4.15. The van der Waals surface area contributed by atoms with Gasteiger partial charge in [-0.15, -0.1) is 0 Å². The highest BCUT2D eigenvalue weighted by molar-refractivity contribution is 9.10. The van der Waals surface area contributed by atoms with Crippen molar-refractivity contribution in [3.8, 4) is 0 Å². The van der Waals surface area contributed by atoms with E-state index in [0.29, 0.717) is 17.9 Å². The number of carbonyl (C=O) groups is 2. The predicted molar refractivity (Wildman–Crippen MR) is 89.6 cm³/mol. The molecule has 0 spiro atoms. The molecule has 5 nitrogen and oxygen atoms in total. The molecule has 1 aliphatic carbocycles. The summed E-state index contributed by atoms with van der Waals surface area (Å²) in [6.45, 7) is 3.91. The number of rotatable bonds is 4. The first-order valence-corrected chi connectivity index (χ1v) is 8.56. The molecule has 0 saturated heterocycles. The molecule has 3 rings (SSSR count). The second-order valence-corrected chi connectivity index (χ2v) is 6.58. The van der Waals surface area contributed by atoms with Crippen molar-refractivity contribution in [1.29, 1.82) is 0 Å². The zero-order chi connectivity index (χ0) is 16.6. The summed E-state index contributed by atoms with van der Waals surface area (Å²) in [4.78, 5) is 26.7. The van der Waals surface area contributed by atoms with Gasteiger partial charge in [-0.05, 0) is 38.3 Å². The molecule has 2 aliphatic rings. The van der Waals surface area contributed by atoms with Gasteiger partial charge in [0.25, 0.3) is 0 Å². The number of hydrogen-bond donors (Lipinski definition) is 1. The van der Waals surface area contributed by atoms with Crippen molar-refractivity contribution in [1.82, 2.24) is 10.2 Å². The summed E-state index contributed by atoms with van der Waals surface area (Å²) >= 11 is 3.50. The van der Waals surface area contributed by atoms with Crippen LogP contribution in [-0.4, -0.2) is 29.5 Å². The third-order valence-corrected chi connectivity index (χ3v) is 4.87. The summed E-state index contributed by atoms with van der Waals surface area (Å²) < 4.78 is 6.08. The highest BCUT2D eigenvalue weighted by atomic mass is 79.9. The molecular weight excluding hydrogens is 360 g/mol. The standard InChI is InChI=1S/C17H19BrN2O3/c1-3-23-16(21)14-10(2)20(11-8-9-11)17(22)19-15(14)12-6-4-5-7-13(12)18/h4-7,11,15H,3,8-9H2,1-2H3,(H,19,22)/t15-/m1/s1. The van der Waals surface area contributed by atoms with Crippen LogP contribution in [0.4, 0.5) is 4.79 Å². The van der Waals surface area contributed by atoms with Crippen molar-refractivity contribution in [2.75, 3.05) is 6.61 Å². The number of urea groups is 1. The first-order valence-electron chi connectivity index (χ1n) is 7.76. The Morgan fingerprint density at radius 3 is 2.70 bits per heavy atom. The van der Waals surface area contributed by atoms with E-state index >= 15 is 0 Å². The summed E-state index contributed by atoms with van der Waals surface area (Å²) in [6, 6.07) is 7.11. The van der Waals surface area contributed by atoms with E-state index in [9.17, 15) is 9.59 Å². The van der Waals surface area contributed by atoms with E-state index < -0.39 is 6.04 Å². The lowest BCUT2D eigenvalue weighted by molar-refractivity contribution is -0.139. The normalized spacial score (nSPS) is 21.3. The summed E-state index contributed by atoms with van der Waals surface area (Å²) in [7, 11) is 0. The third kappa shape index (κ3) is 3.00. The molecule has 1 aliphatic heterocycles. The maximum absolute atomic E-state index is 12.5. The topological polar surface area (TPSA) is 58.6 Å². The lowest BCUT2D eigenvalue weighted by Crippen LogP contribution is -2.49. The van der Waals surface area contributed by atoms with E-state index in [1.54, 1.807) is 11.8 Å². The molecule has 1 aromatic rings. The number of hydrogen-bond acceptors (Lipinski definition) is 3. The number of nitrogens with zero attached hydrogens (tertiary/aromatic N) is 1. The molecule has 0 aromatic heterocycles. The Bertz CT molecular complexity index is 682. The Morgan fingerprint density at radius 1 is 1.39 bits per heavy atom. The van der Waals surface area contributed by atoms with Gasteiger partial charge >= 0.3 is 12.0 Å². The number of amides is 2. The van der Waals surface area contributed by atoms with Gasteiger partial charge in [-0.25, -0.2) is 9.59 Å². The summed E-state index contributed by atoms with van der Waals surface area (Å²) in [6.07, 6.45) is 1.95. The average Bonchev–Trinajstić information content (AvgIpc) is 3.32. The molecule has 2 amide bonds. The monoisotopic (exact) mass is 378 g/mol. The number of nitrogens with one attached hydrogen (secondary N) is 1. The van der Waals surface area contributed by atoms with Crippen LogP contribution < -0.4 is 5.32 Å². The molecule has 1 N–H and O–H groups in total. The van der Waals surface area contributed by atoms with Crippen LogP contribution in [-0.2, 0) is 9.53 Å². The van der Waals surface area contributed by atoms with Crippen LogP contribution in [0.3, 0.4) is 0 Å². The Morgan fingerprint density at radius 2 is 2.09 bits per heavy atom. The van der Waals surface area contributed by atoms with Gasteiger partial charge in [0.15, 0.2) is 0 Å². The Hall–Kier alpha value is -1.82. The minimum atomic E-state index is -0.507. The minimum absolute atomic E-state index is 0.154. The number of halogens is 1. The lowest BCUT2D eigenvalue weighted by Gasteiger charge is -2.35. The molecule has 23 heavy (non-hydrogen) atoms. The van der Waals surface area contributed by atoms with Crippen LogP contribution in [0.2, 0.25) is 0 Å². The van der Waals surface area contributed by atoms with Crippen molar-refractivity contribution in [3.63, 3.8) is 0 Å². The molecule has 1 heterocycles. The summed E-state index contributed by atoms with van der Waals surface area (Å²) in [5.41, 5.74) is 2.04. The van der Waals surface area contributed by atoms with Gasteiger partial charge in [-0.2, -0.15) is 0 Å². The zero-order valence-corrected chi connectivity index (χ0v) is 14.7.